The number of hydrogen-bond acceptors (Lipinski definition) is 5. The van der Waals surface area contributed by atoms with Gasteiger partial charge in [0, 0.05) is 30.7 Å². The van der Waals surface area contributed by atoms with Crippen LogP contribution in [0.5, 0.6) is 5.75 Å². The first kappa shape index (κ1) is 24.2. The van der Waals surface area contributed by atoms with Gasteiger partial charge in [-0.1, -0.05) is 56.3 Å². The van der Waals surface area contributed by atoms with Crippen molar-refractivity contribution in [1.29, 1.82) is 0 Å². The van der Waals surface area contributed by atoms with E-state index in [0.29, 0.717) is 5.92 Å². The van der Waals surface area contributed by atoms with E-state index < -0.39 is 6.35 Å². The van der Waals surface area contributed by atoms with Gasteiger partial charge in [-0.15, -0.1) is 0 Å². The zero-order valence-electron chi connectivity index (χ0n) is 21.0. The SMILES string of the molecule is COc1ccc(CN2C[C@]3(CC[C@](c4ccccc4)(N(C)C)CC3)N(CC(C)C)C2O)cc1. The molecule has 0 radical (unpaired) electrons. The maximum absolute atomic E-state index is 11.5. The second-order valence-corrected chi connectivity index (χ2v) is 10.7. The standard InChI is InChI=1S/C28H41N3O2/c1-22(2)19-31-26(32)30(20-23-11-13-25(33-5)14-12-23)21-27(31)15-17-28(18-16-27,29(3)4)24-9-7-6-8-10-24/h6-14,22,26,32H,15-21H2,1-5H3/t26?,27-,28+. The first-order valence-electron chi connectivity index (χ1n) is 12.3. The molecule has 1 aliphatic carbocycles. The van der Waals surface area contributed by atoms with E-state index in [1.54, 1.807) is 7.11 Å². The van der Waals surface area contributed by atoms with Gasteiger partial charge in [0.05, 0.1) is 7.11 Å². The van der Waals surface area contributed by atoms with Crippen LogP contribution in [0.3, 0.4) is 0 Å². The van der Waals surface area contributed by atoms with Gasteiger partial charge in [0.1, 0.15) is 5.75 Å². The third-order valence-corrected chi connectivity index (χ3v) is 7.99. The van der Waals surface area contributed by atoms with Gasteiger partial charge in [-0.25, -0.2) is 0 Å². The van der Waals surface area contributed by atoms with Crippen LogP contribution in [0.4, 0.5) is 0 Å². The molecule has 5 heteroatoms. The Morgan fingerprint density at radius 3 is 2.18 bits per heavy atom. The summed E-state index contributed by atoms with van der Waals surface area (Å²) in [5.41, 5.74) is 2.70. The van der Waals surface area contributed by atoms with Gasteiger partial charge in [-0.2, -0.15) is 0 Å². The normalized spacial score (nSPS) is 28.8. The molecule has 1 saturated heterocycles. The fraction of sp³-hybridized carbons (Fsp3) is 0.571. The maximum Gasteiger partial charge on any atom is 0.166 e. The minimum absolute atomic E-state index is 0.0183. The molecule has 2 fully saturated rings. The molecule has 1 saturated carbocycles. The van der Waals surface area contributed by atoms with Crippen molar-refractivity contribution in [2.24, 2.45) is 5.92 Å². The highest BCUT2D eigenvalue weighted by atomic mass is 16.5. The molecule has 1 heterocycles. The molecule has 180 valence electrons. The Hall–Kier alpha value is -1.92. The summed E-state index contributed by atoms with van der Waals surface area (Å²) in [6.45, 7) is 7.08. The Balaban J connectivity index is 1.57. The number of aliphatic hydroxyl groups excluding tert-OH is 1. The Morgan fingerprint density at radius 2 is 1.64 bits per heavy atom. The van der Waals surface area contributed by atoms with Gasteiger partial charge in [0.2, 0.25) is 0 Å². The van der Waals surface area contributed by atoms with E-state index in [4.69, 9.17) is 4.74 Å². The van der Waals surface area contributed by atoms with Crippen molar-refractivity contribution in [2.75, 3.05) is 34.3 Å². The Morgan fingerprint density at radius 1 is 1.00 bits per heavy atom. The van der Waals surface area contributed by atoms with Crippen molar-refractivity contribution in [2.45, 2.75) is 63.5 Å². The lowest BCUT2D eigenvalue weighted by Crippen LogP contribution is -2.56. The third kappa shape index (κ3) is 4.69. The van der Waals surface area contributed by atoms with E-state index in [1.807, 2.05) is 12.1 Å². The lowest BCUT2D eigenvalue weighted by atomic mass is 9.68. The summed E-state index contributed by atoms with van der Waals surface area (Å²) < 4.78 is 5.31. The van der Waals surface area contributed by atoms with Crippen LogP contribution in [0.25, 0.3) is 0 Å². The third-order valence-electron chi connectivity index (χ3n) is 7.99. The van der Waals surface area contributed by atoms with Crippen LogP contribution in [0.15, 0.2) is 54.6 Å². The van der Waals surface area contributed by atoms with Crippen molar-refractivity contribution < 1.29 is 9.84 Å². The number of nitrogens with zero attached hydrogens (tertiary/aromatic N) is 3. The maximum atomic E-state index is 11.5. The second-order valence-electron chi connectivity index (χ2n) is 10.7. The number of aliphatic hydroxyl groups is 1. The fourth-order valence-electron chi connectivity index (χ4n) is 6.09. The van der Waals surface area contributed by atoms with Gasteiger partial charge < -0.3 is 9.84 Å². The molecule has 1 aliphatic heterocycles. The molecule has 0 bridgehead atoms. The summed E-state index contributed by atoms with van der Waals surface area (Å²) in [6.07, 6.45) is 3.83. The van der Waals surface area contributed by atoms with Crippen LogP contribution < -0.4 is 4.74 Å². The van der Waals surface area contributed by atoms with Crippen molar-refractivity contribution in [3.05, 3.63) is 65.7 Å². The van der Waals surface area contributed by atoms with Gasteiger partial charge in [0.25, 0.3) is 0 Å². The minimum atomic E-state index is -0.543. The Labute approximate surface area is 200 Å². The number of benzene rings is 2. The second kappa shape index (κ2) is 9.75. The van der Waals surface area contributed by atoms with Crippen LogP contribution in [-0.2, 0) is 12.1 Å². The van der Waals surface area contributed by atoms with E-state index in [-0.39, 0.29) is 11.1 Å². The van der Waals surface area contributed by atoms with Crippen LogP contribution in [0.2, 0.25) is 0 Å². The summed E-state index contributed by atoms with van der Waals surface area (Å²) in [6, 6.07) is 19.2. The van der Waals surface area contributed by atoms with Crippen molar-refractivity contribution in [3.63, 3.8) is 0 Å². The largest absolute Gasteiger partial charge is 0.497 e. The fourth-order valence-corrected chi connectivity index (χ4v) is 6.09. The van der Waals surface area contributed by atoms with E-state index in [2.05, 4.69) is 85.1 Å². The summed E-state index contributed by atoms with van der Waals surface area (Å²) in [5.74, 6) is 1.37. The van der Waals surface area contributed by atoms with Crippen LogP contribution in [0, 0.1) is 5.92 Å². The summed E-state index contributed by atoms with van der Waals surface area (Å²) in [5, 5.41) is 11.5. The van der Waals surface area contributed by atoms with E-state index in [9.17, 15) is 5.11 Å². The molecular weight excluding hydrogens is 410 g/mol. The lowest BCUT2D eigenvalue weighted by molar-refractivity contribution is -0.0982. The quantitative estimate of drug-likeness (QED) is 0.670. The molecule has 4 rings (SSSR count). The van der Waals surface area contributed by atoms with Gasteiger partial charge in [-0.3, -0.25) is 14.7 Å². The minimum Gasteiger partial charge on any atom is -0.497 e. The predicted octanol–water partition coefficient (Wildman–Crippen LogP) is 4.51. The lowest BCUT2D eigenvalue weighted by Gasteiger charge is -2.51. The number of rotatable bonds is 7. The highest BCUT2D eigenvalue weighted by Gasteiger charge is 2.54. The van der Waals surface area contributed by atoms with Crippen molar-refractivity contribution >= 4 is 0 Å². The van der Waals surface area contributed by atoms with Gasteiger partial charge >= 0.3 is 0 Å². The molecular formula is C28H41N3O2. The van der Waals surface area contributed by atoms with E-state index >= 15 is 0 Å². The number of hydrogen-bond donors (Lipinski definition) is 1. The molecule has 5 nitrogen and oxygen atoms in total. The van der Waals surface area contributed by atoms with E-state index in [0.717, 1.165) is 51.1 Å². The summed E-state index contributed by atoms with van der Waals surface area (Å²) in [7, 11) is 6.13. The molecule has 0 amide bonds. The molecule has 1 spiro atoms. The molecule has 2 aromatic carbocycles. The number of methoxy groups -OCH3 is 1. The molecule has 1 atom stereocenters. The van der Waals surface area contributed by atoms with E-state index in [1.165, 1.54) is 11.1 Å². The van der Waals surface area contributed by atoms with Crippen LogP contribution in [-0.4, -0.2) is 66.0 Å². The van der Waals surface area contributed by atoms with Crippen LogP contribution in [0.1, 0.15) is 50.7 Å². The summed E-state index contributed by atoms with van der Waals surface area (Å²) in [4.78, 5) is 7.09. The highest BCUT2D eigenvalue weighted by Crippen LogP contribution is 2.49. The average molecular weight is 452 g/mol. The van der Waals surface area contributed by atoms with Crippen LogP contribution >= 0.6 is 0 Å². The molecule has 2 aromatic rings. The first-order chi connectivity index (χ1) is 15.8. The molecule has 0 aromatic heterocycles. The van der Waals surface area contributed by atoms with Gasteiger partial charge in [-0.05, 0) is 69.0 Å². The first-order valence-corrected chi connectivity index (χ1v) is 12.3. The highest BCUT2D eigenvalue weighted by molar-refractivity contribution is 5.28. The van der Waals surface area contributed by atoms with Crippen molar-refractivity contribution in [3.8, 4) is 5.75 Å². The molecule has 33 heavy (non-hydrogen) atoms. The Kier molecular flexibility index (Phi) is 7.15. The molecule has 1 N–H and O–H groups in total. The molecule has 2 aliphatic rings. The zero-order chi connectivity index (χ0) is 23.6. The molecule has 1 unspecified atom stereocenters. The smallest absolute Gasteiger partial charge is 0.166 e. The zero-order valence-corrected chi connectivity index (χ0v) is 21.0. The van der Waals surface area contributed by atoms with Crippen molar-refractivity contribution in [1.82, 2.24) is 14.7 Å². The number of ether oxygens (including phenoxy) is 1. The average Bonchev–Trinajstić information content (AvgIpc) is 3.05. The predicted molar refractivity (Wildman–Crippen MR) is 134 cm³/mol. The summed E-state index contributed by atoms with van der Waals surface area (Å²) >= 11 is 0. The Bertz CT molecular complexity index is 889. The monoisotopic (exact) mass is 451 g/mol. The van der Waals surface area contributed by atoms with Gasteiger partial charge in [0.15, 0.2) is 6.35 Å². The topological polar surface area (TPSA) is 39.2 Å².